The minimum Gasteiger partial charge on any atom is -0.336 e. The monoisotopic (exact) mass is 416 g/mol. The average Bonchev–Trinajstić information content (AvgIpc) is 3.44. The number of carbonyl (C=O) groups excluding carboxylic acids is 2. The molecule has 0 saturated heterocycles. The van der Waals surface area contributed by atoms with Crippen LogP contribution in [-0.4, -0.2) is 32.4 Å². The highest BCUT2D eigenvalue weighted by Crippen LogP contribution is 2.23. The zero-order chi connectivity index (χ0) is 21.0. The third-order valence-corrected chi connectivity index (χ3v) is 5.62. The molecule has 1 saturated carbocycles. The van der Waals surface area contributed by atoms with E-state index in [0.717, 1.165) is 12.8 Å². The van der Waals surface area contributed by atoms with E-state index in [2.05, 4.69) is 20.7 Å². The molecule has 9 heteroatoms. The summed E-state index contributed by atoms with van der Waals surface area (Å²) in [7, 11) is -3.61. The van der Waals surface area contributed by atoms with Gasteiger partial charge >= 0.3 is 6.03 Å². The lowest BCUT2D eigenvalue weighted by molar-refractivity contribution is 0.102. The number of urea groups is 1. The summed E-state index contributed by atoms with van der Waals surface area (Å²) in [5, 5.41) is 8.07. The molecule has 1 aliphatic carbocycles. The maximum Gasteiger partial charge on any atom is 0.319 e. The summed E-state index contributed by atoms with van der Waals surface area (Å²) in [6.07, 6.45) is 1.68. The minimum absolute atomic E-state index is 0.00128. The van der Waals surface area contributed by atoms with Crippen molar-refractivity contribution in [3.63, 3.8) is 0 Å². The van der Waals surface area contributed by atoms with E-state index in [1.54, 1.807) is 36.4 Å². The molecule has 0 atom stereocenters. The van der Waals surface area contributed by atoms with E-state index < -0.39 is 15.9 Å². The highest BCUT2D eigenvalue weighted by Gasteiger charge is 2.28. The van der Waals surface area contributed by atoms with Crippen molar-refractivity contribution in [2.45, 2.75) is 43.7 Å². The zero-order valence-electron chi connectivity index (χ0n) is 16.2. The van der Waals surface area contributed by atoms with Gasteiger partial charge in [-0.2, -0.15) is 0 Å². The first-order valence-corrected chi connectivity index (χ1v) is 10.8. The Labute approximate surface area is 170 Å². The fourth-order valence-electron chi connectivity index (χ4n) is 2.60. The van der Waals surface area contributed by atoms with Crippen molar-refractivity contribution in [2.75, 3.05) is 10.6 Å². The molecule has 29 heavy (non-hydrogen) atoms. The predicted molar refractivity (Wildman–Crippen MR) is 111 cm³/mol. The Kier molecular flexibility index (Phi) is 6.19. The molecule has 0 bridgehead atoms. The van der Waals surface area contributed by atoms with Gasteiger partial charge in [0.25, 0.3) is 5.91 Å². The van der Waals surface area contributed by atoms with Crippen LogP contribution in [0.2, 0.25) is 0 Å². The molecule has 0 radical (unpaired) electrons. The number of nitrogens with one attached hydrogen (secondary N) is 4. The van der Waals surface area contributed by atoms with E-state index in [9.17, 15) is 18.0 Å². The Morgan fingerprint density at radius 1 is 0.966 bits per heavy atom. The first kappa shape index (κ1) is 20.8. The van der Waals surface area contributed by atoms with Gasteiger partial charge in [0.05, 0.1) is 4.90 Å². The van der Waals surface area contributed by atoms with Crippen molar-refractivity contribution >= 4 is 33.3 Å². The van der Waals surface area contributed by atoms with Gasteiger partial charge in [0.2, 0.25) is 10.0 Å². The third kappa shape index (κ3) is 6.03. The molecule has 0 unspecified atom stereocenters. The van der Waals surface area contributed by atoms with Crippen molar-refractivity contribution in [3.8, 4) is 0 Å². The molecular weight excluding hydrogens is 392 g/mol. The summed E-state index contributed by atoms with van der Waals surface area (Å²) in [6.45, 7) is 3.69. The van der Waals surface area contributed by atoms with Crippen LogP contribution in [0.1, 0.15) is 37.0 Å². The highest BCUT2D eigenvalue weighted by atomic mass is 32.2. The Morgan fingerprint density at radius 3 is 2.28 bits per heavy atom. The number of carbonyl (C=O) groups is 2. The normalized spacial score (nSPS) is 13.8. The topological polar surface area (TPSA) is 116 Å². The van der Waals surface area contributed by atoms with Crippen LogP contribution in [0.4, 0.5) is 16.2 Å². The van der Waals surface area contributed by atoms with Crippen molar-refractivity contribution in [3.05, 3.63) is 54.1 Å². The first-order valence-electron chi connectivity index (χ1n) is 9.34. The van der Waals surface area contributed by atoms with Crippen molar-refractivity contribution in [1.82, 2.24) is 10.0 Å². The Bertz CT molecular complexity index is 1020. The molecule has 4 N–H and O–H groups in total. The molecule has 2 aromatic rings. The van der Waals surface area contributed by atoms with E-state index in [1.807, 2.05) is 13.8 Å². The summed E-state index contributed by atoms with van der Waals surface area (Å²) in [5.74, 6) is -0.414. The molecule has 1 aliphatic rings. The van der Waals surface area contributed by atoms with Crippen LogP contribution < -0.4 is 20.7 Å². The summed E-state index contributed by atoms with van der Waals surface area (Å²) in [4.78, 5) is 24.5. The molecular formula is C20H24N4O4S. The zero-order valence-corrected chi connectivity index (χ0v) is 17.0. The maximum absolute atomic E-state index is 12.6. The lowest BCUT2D eigenvalue weighted by Crippen LogP contribution is -2.34. The number of hydrogen-bond donors (Lipinski definition) is 4. The number of sulfonamides is 1. The smallest absolute Gasteiger partial charge is 0.319 e. The lowest BCUT2D eigenvalue weighted by Gasteiger charge is -2.12. The van der Waals surface area contributed by atoms with Gasteiger partial charge in [-0.3, -0.25) is 4.79 Å². The number of hydrogen-bond acceptors (Lipinski definition) is 4. The standard InChI is InChI=1S/C20H24N4O4S/c1-13(2)21-20(26)23-16-6-3-5-14(11-16)19(25)22-17-7-4-8-18(12-17)29(27,28)24-15-9-10-15/h3-8,11-13,15,24H,9-10H2,1-2H3,(H,22,25)(H2,21,23,26). The second kappa shape index (κ2) is 8.62. The van der Waals surface area contributed by atoms with Crippen LogP contribution in [0.25, 0.3) is 0 Å². The van der Waals surface area contributed by atoms with Gasteiger partial charge in [0.1, 0.15) is 0 Å². The summed E-state index contributed by atoms with van der Waals surface area (Å²) in [6, 6.07) is 12.2. The SMILES string of the molecule is CC(C)NC(=O)Nc1cccc(C(=O)Nc2cccc(S(=O)(=O)NC3CC3)c2)c1. The van der Waals surface area contributed by atoms with Gasteiger partial charge in [-0.25, -0.2) is 17.9 Å². The molecule has 2 aromatic carbocycles. The van der Waals surface area contributed by atoms with Crippen molar-refractivity contribution in [2.24, 2.45) is 0 Å². The Hall–Kier alpha value is -2.91. The third-order valence-electron chi connectivity index (χ3n) is 4.10. The van der Waals surface area contributed by atoms with Crippen LogP contribution in [0.3, 0.4) is 0 Å². The van der Waals surface area contributed by atoms with Crippen LogP contribution in [0.15, 0.2) is 53.4 Å². The van der Waals surface area contributed by atoms with Gasteiger partial charge in [0.15, 0.2) is 0 Å². The van der Waals surface area contributed by atoms with Gasteiger partial charge in [0, 0.05) is 29.0 Å². The fourth-order valence-corrected chi connectivity index (χ4v) is 3.95. The van der Waals surface area contributed by atoms with Crippen molar-refractivity contribution < 1.29 is 18.0 Å². The molecule has 0 aromatic heterocycles. The minimum atomic E-state index is -3.61. The molecule has 0 heterocycles. The second-order valence-corrected chi connectivity index (χ2v) is 8.93. The van der Waals surface area contributed by atoms with E-state index in [-0.39, 0.29) is 23.0 Å². The fraction of sp³-hybridized carbons (Fsp3) is 0.300. The van der Waals surface area contributed by atoms with Crippen LogP contribution in [-0.2, 0) is 10.0 Å². The van der Waals surface area contributed by atoms with Crippen LogP contribution in [0, 0.1) is 0 Å². The average molecular weight is 417 g/mol. The Morgan fingerprint density at radius 2 is 1.62 bits per heavy atom. The van der Waals surface area contributed by atoms with E-state index in [1.165, 1.54) is 12.1 Å². The largest absolute Gasteiger partial charge is 0.336 e. The van der Waals surface area contributed by atoms with E-state index >= 15 is 0 Å². The number of rotatable bonds is 7. The predicted octanol–water partition coefficient (Wildman–Crippen LogP) is 2.91. The van der Waals surface area contributed by atoms with Gasteiger partial charge < -0.3 is 16.0 Å². The number of amides is 3. The van der Waals surface area contributed by atoms with Crippen LogP contribution in [0.5, 0.6) is 0 Å². The first-order chi connectivity index (χ1) is 13.7. The van der Waals surface area contributed by atoms with Gasteiger partial charge in [-0.05, 0) is 63.1 Å². The molecule has 3 amide bonds. The van der Waals surface area contributed by atoms with E-state index in [0.29, 0.717) is 16.9 Å². The van der Waals surface area contributed by atoms with Gasteiger partial charge in [-0.1, -0.05) is 12.1 Å². The molecule has 0 aliphatic heterocycles. The van der Waals surface area contributed by atoms with Gasteiger partial charge in [-0.15, -0.1) is 0 Å². The quantitative estimate of drug-likeness (QED) is 0.555. The molecule has 154 valence electrons. The molecule has 3 rings (SSSR count). The number of anilines is 2. The molecule has 8 nitrogen and oxygen atoms in total. The van der Waals surface area contributed by atoms with Crippen LogP contribution >= 0.6 is 0 Å². The number of benzene rings is 2. The van der Waals surface area contributed by atoms with Crippen molar-refractivity contribution in [1.29, 1.82) is 0 Å². The Balaban J connectivity index is 1.69. The van der Waals surface area contributed by atoms with E-state index in [4.69, 9.17) is 0 Å². The lowest BCUT2D eigenvalue weighted by atomic mass is 10.2. The highest BCUT2D eigenvalue weighted by molar-refractivity contribution is 7.89. The molecule has 1 fully saturated rings. The molecule has 0 spiro atoms. The summed E-state index contributed by atoms with van der Waals surface area (Å²) >= 11 is 0. The summed E-state index contributed by atoms with van der Waals surface area (Å²) < 4.78 is 27.3. The second-order valence-electron chi connectivity index (χ2n) is 7.21. The summed E-state index contributed by atoms with van der Waals surface area (Å²) in [5.41, 5.74) is 1.17. The maximum atomic E-state index is 12.6.